The number of pyridine rings is 1. The van der Waals surface area contributed by atoms with Crippen LogP contribution < -0.4 is 4.74 Å². The Kier molecular flexibility index (Phi) is 7.77. The highest BCUT2D eigenvalue weighted by Crippen LogP contribution is 2.40. The normalized spacial score (nSPS) is 18.1. The fourth-order valence-corrected chi connectivity index (χ4v) is 4.25. The molecule has 0 radical (unpaired) electrons. The third-order valence-electron chi connectivity index (χ3n) is 5.91. The molecule has 182 valence electrons. The van der Waals surface area contributed by atoms with E-state index in [1.165, 1.54) is 0 Å². The number of hydrogen-bond acceptors (Lipinski definition) is 6. The number of benzene rings is 1. The molecular formula is C27H35N3O4. The van der Waals surface area contributed by atoms with Gasteiger partial charge in [0.1, 0.15) is 11.5 Å². The Hall–Kier alpha value is -3.19. The molecule has 1 saturated heterocycles. The summed E-state index contributed by atoms with van der Waals surface area (Å²) in [6, 6.07) is 8.29. The molecule has 1 aromatic heterocycles. The van der Waals surface area contributed by atoms with Crippen LogP contribution >= 0.6 is 0 Å². The molecule has 3 rings (SSSR count). The zero-order chi connectivity index (χ0) is 25.0. The Morgan fingerprint density at radius 2 is 1.94 bits per heavy atom. The lowest BCUT2D eigenvalue weighted by molar-refractivity contribution is -0.139. The number of likely N-dealkylation sites (tertiary alicyclic amines) is 1. The van der Waals surface area contributed by atoms with Crippen molar-refractivity contribution in [1.29, 1.82) is 0 Å². The largest absolute Gasteiger partial charge is 0.507 e. The third-order valence-corrected chi connectivity index (χ3v) is 5.91. The summed E-state index contributed by atoms with van der Waals surface area (Å²) in [5.74, 6) is -0.728. The number of rotatable bonds is 8. The number of ether oxygens (including phenoxy) is 1. The van der Waals surface area contributed by atoms with Gasteiger partial charge in [0.25, 0.3) is 11.7 Å². The number of amides is 1. The van der Waals surface area contributed by atoms with E-state index in [2.05, 4.69) is 25.8 Å². The highest BCUT2D eigenvalue weighted by atomic mass is 16.5. The van der Waals surface area contributed by atoms with Gasteiger partial charge in [-0.3, -0.25) is 14.6 Å². The van der Waals surface area contributed by atoms with Crippen LogP contribution in [0.5, 0.6) is 5.75 Å². The Balaban J connectivity index is 2.13. The van der Waals surface area contributed by atoms with Crippen molar-refractivity contribution in [2.75, 3.05) is 33.8 Å². The van der Waals surface area contributed by atoms with E-state index in [0.717, 1.165) is 17.9 Å². The number of carbonyl (C=O) groups excluding carboxylic acids is 2. The first-order valence-electron chi connectivity index (χ1n) is 11.7. The molecule has 0 aliphatic carbocycles. The van der Waals surface area contributed by atoms with Crippen molar-refractivity contribution < 1.29 is 19.4 Å². The molecule has 2 heterocycles. The first-order valence-corrected chi connectivity index (χ1v) is 11.7. The molecule has 0 bridgehead atoms. The molecule has 34 heavy (non-hydrogen) atoms. The maximum atomic E-state index is 13.2. The molecule has 1 fully saturated rings. The third kappa shape index (κ3) is 5.30. The molecule has 1 amide bonds. The average Bonchev–Trinajstić information content (AvgIpc) is 3.04. The van der Waals surface area contributed by atoms with Crippen LogP contribution in [0, 0.1) is 0 Å². The minimum Gasteiger partial charge on any atom is -0.507 e. The summed E-state index contributed by atoms with van der Waals surface area (Å²) < 4.78 is 5.79. The van der Waals surface area contributed by atoms with Crippen molar-refractivity contribution >= 4 is 17.4 Å². The molecule has 7 heteroatoms. The SMILES string of the molecule is CCOc1ccc(/C(O)=C2/C(=O)C(=O)N(CCCN(C)C)C2c2cccnc2)cc1C(C)(C)C. The van der Waals surface area contributed by atoms with Gasteiger partial charge in [0.05, 0.1) is 18.2 Å². The number of Topliss-reactive ketones (excluding diaryl/α,β-unsaturated/α-hetero) is 1. The van der Waals surface area contributed by atoms with Gasteiger partial charge in [0.15, 0.2) is 0 Å². The quantitative estimate of drug-likeness (QED) is 0.358. The second-order valence-electron chi connectivity index (χ2n) is 9.83. The molecule has 1 aromatic carbocycles. The number of hydrogen-bond donors (Lipinski definition) is 1. The first-order chi connectivity index (χ1) is 16.1. The van der Waals surface area contributed by atoms with Crippen molar-refractivity contribution in [3.05, 3.63) is 65.0 Å². The van der Waals surface area contributed by atoms with Crippen molar-refractivity contribution in [2.45, 2.75) is 45.6 Å². The van der Waals surface area contributed by atoms with Crippen LogP contribution in [-0.4, -0.2) is 65.4 Å². The van der Waals surface area contributed by atoms with Crippen LogP contribution in [-0.2, 0) is 15.0 Å². The van der Waals surface area contributed by atoms with E-state index in [9.17, 15) is 14.7 Å². The van der Waals surface area contributed by atoms with E-state index in [0.29, 0.717) is 30.7 Å². The summed E-state index contributed by atoms with van der Waals surface area (Å²) in [7, 11) is 3.93. The smallest absolute Gasteiger partial charge is 0.295 e. The molecule has 1 unspecified atom stereocenters. The summed E-state index contributed by atoms with van der Waals surface area (Å²) in [6.07, 6.45) is 3.99. The highest BCUT2D eigenvalue weighted by Gasteiger charge is 2.46. The molecule has 0 saturated carbocycles. The van der Waals surface area contributed by atoms with Crippen LogP contribution in [0.25, 0.3) is 5.76 Å². The summed E-state index contributed by atoms with van der Waals surface area (Å²) in [5.41, 5.74) is 1.93. The van der Waals surface area contributed by atoms with Crippen molar-refractivity contribution in [2.24, 2.45) is 0 Å². The molecule has 7 nitrogen and oxygen atoms in total. The highest BCUT2D eigenvalue weighted by molar-refractivity contribution is 6.46. The fraction of sp³-hybridized carbons (Fsp3) is 0.444. The zero-order valence-electron chi connectivity index (χ0n) is 21.0. The van der Waals surface area contributed by atoms with Gasteiger partial charge in [0.2, 0.25) is 0 Å². The lowest BCUT2D eigenvalue weighted by Crippen LogP contribution is -2.32. The monoisotopic (exact) mass is 465 g/mol. The zero-order valence-corrected chi connectivity index (χ0v) is 21.0. The Morgan fingerprint density at radius 1 is 1.21 bits per heavy atom. The maximum Gasteiger partial charge on any atom is 0.295 e. The number of aromatic nitrogens is 1. The molecule has 0 spiro atoms. The summed E-state index contributed by atoms with van der Waals surface area (Å²) in [5, 5.41) is 11.4. The number of aliphatic hydroxyl groups excluding tert-OH is 1. The minimum absolute atomic E-state index is 0.0897. The Morgan fingerprint density at radius 3 is 2.53 bits per heavy atom. The summed E-state index contributed by atoms with van der Waals surface area (Å²) >= 11 is 0. The van der Waals surface area contributed by atoms with E-state index in [1.807, 2.05) is 44.1 Å². The average molecular weight is 466 g/mol. The van der Waals surface area contributed by atoms with Gasteiger partial charge in [-0.1, -0.05) is 26.8 Å². The number of aliphatic hydroxyl groups is 1. The van der Waals surface area contributed by atoms with E-state index in [-0.39, 0.29) is 16.7 Å². The Labute approximate surface area is 202 Å². The fourth-order valence-electron chi connectivity index (χ4n) is 4.25. The summed E-state index contributed by atoms with van der Waals surface area (Å²) in [6.45, 7) is 9.81. The second-order valence-corrected chi connectivity index (χ2v) is 9.83. The van der Waals surface area contributed by atoms with E-state index < -0.39 is 17.7 Å². The molecule has 1 atom stereocenters. The van der Waals surface area contributed by atoms with Crippen LogP contribution in [0.1, 0.15) is 56.8 Å². The van der Waals surface area contributed by atoms with Gasteiger partial charge in [-0.2, -0.15) is 0 Å². The summed E-state index contributed by atoms with van der Waals surface area (Å²) in [4.78, 5) is 34.0. The van der Waals surface area contributed by atoms with Gasteiger partial charge in [0, 0.05) is 30.1 Å². The topological polar surface area (TPSA) is 83.0 Å². The van der Waals surface area contributed by atoms with Gasteiger partial charge in [-0.25, -0.2) is 0 Å². The van der Waals surface area contributed by atoms with E-state index in [4.69, 9.17) is 4.74 Å². The molecule has 1 N–H and O–H groups in total. The Bertz CT molecular complexity index is 1070. The lowest BCUT2D eigenvalue weighted by Gasteiger charge is -2.26. The van der Waals surface area contributed by atoms with E-state index in [1.54, 1.807) is 29.4 Å². The van der Waals surface area contributed by atoms with Gasteiger partial charge in [-0.15, -0.1) is 0 Å². The van der Waals surface area contributed by atoms with Crippen molar-refractivity contribution in [3.8, 4) is 5.75 Å². The number of carbonyl (C=O) groups is 2. The lowest BCUT2D eigenvalue weighted by atomic mass is 9.84. The van der Waals surface area contributed by atoms with Crippen LogP contribution in [0.2, 0.25) is 0 Å². The number of nitrogens with zero attached hydrogens (tertiary/aromatic N) is 3. The second kappa shape index (κ2) is 10.4. The first kappa shape index (κ1) is 25.4. The standard InChI is InChI=1S/C27H35N3O4/c1-7-34-21-12-11-18(16-20(21)27(2,3)4)24(31)22-23(19-10-8-13-28-17-19)30(26(33)25(22)32)15-9-14-29(5)6/h8,10-13,16-17,23,31H,7,9,14-15H2,1-6H3/b24-22-. The van der Waals surface area contributed by atoms with E-state index >= 15 is 0 Å². The molecule has 2 aromatic rings. The minimum atomic E-state index is -0.694. The van der Waals surface area contributed by atoms with Gasteiger partial charge < -0.3 is 19.6 Å². The van der Waals surface area contributed by atoms with Gasteiger partial charge >= 0.3 is 0 Å². The maximum absolute atomic E-state index is 13.2. The van der Waals surface area contributed by atoms with Gasteiger partial charge in [-0.05, 0) is 69.2 Å². The molecule has 1 aliphatic heterocycles. The van der Waals surface area contributed by atoms with Crippen LogP contribution in [0.4, 0.5) is 0 Å². The van der Waals surface area contributed by atoms with Crippen molar-refractivity contribution in [1.82, 2.24) is 14.8 Å². The molecule has 1 aliphatic rings. The predicted octanol–water partition coefficient (Wildman–Crippen LogP) is 4.15. The number of ketones is 1. The van der Waals surface area contributed by atoms with Crippen LogP contribution in [0.3, 0.4) is 0 Å². The van der Waals surface area contributed by atoms with Crippen LogP contribution in [0.15, 0.2) is 48.3 Å². The van der Waals surface area contributed by atoms with Crippen molar-refractivity contribution in [3.63, 3.8) is 0 Å². The molecular weight excluding hydrogens is 430 g/mol. The predicted molar refractivity (Wildman–Crippen MR) is 133 cm³/mol.